The Morgan fingerprint density at radius 3 is 3.00 bits per heavy atom. The topological polar surface area (TPSA) is 49.4 Å². The van der Waals surface area contributed by atoms with Crippen molar-refractivity contribution in [2.24, 2.45) is 11.8 Å². The highest BCUT2D eigenvalue weighted by Gasteiger charge is 2.34. The van der Waals surface area contributed by atoms with Crippen LogP contribution >= 0.6 is 11.3 Å². The van der Waals surface area contributed by atoms with E-state index in [1.807, 2.05) is 17.5 Å². The number of carbonyl (C=O) groups excluding carboxylic acids is 2. The maximum absolute atomic E-state index is 12.0. The molecule has 2 rings (SSSR count). The standard InChI is InChI=1S/C14H20N2O2S/c1-10(2)8-16-9-11(6-13(16)17)14(18)15-7-12-4-3-5-19-12/h3-5,10-11H,6-9H2,1-2H3,(H,15,18). The molecule has 0 saturated carbocycles. The van der Waals surface area contributed by atoms with Gasteiger partial charge < -0.3 is 10.2 Å². The van der Waals surface area contributed by atoms with Crippen LogP contribution in [-0.2, 0) is 16.1 Å². The number of amides is 2. The van der Waals surface area contributed by atoms with Gasteiger partial charge in [-0.15, -0.1) is 11.3 Å². The molecule has 0 aliphatic carbocycles. The predicted molar refractivity (Wildman–Crippen MR) is 75.7 cm³/mol. The van der Waals surface area contributed by atoms with E-state index in [9.17, 15) is 9.59 Å². The second-order valence-corrected chi connectivity index (χ2v) is 6.42. The van der Waals surface area contributed by atoms with Crippen molar-refractivity contribution in [3.05, 3.63) is 22.4 Å². The van der Waals surface area contributed by atoms with Gasteiger partial charge in [0.2, 0.25) is 11.8 Å². The number of thiophene rings is 1. The summed E-state index contributed by atoms with van der Waals surface area (Å²) in [5, 5.41) is 4.91. The summed E-state index contributed by atoms with van der Waals surface area (Å²) in [5.41, 5.74) is 0. The Balaban J connectivity index is 1.82. The van der Waals surface area contributed by atoms with Gasteiger partial charge in [0.15, 0.2) is 0 Å². The molecule has 1 N–H and O–H groups in total. The molecule has 1 aromatic rings. The highest BCUT2D eigenvalue weighted by molar-refractivity contribution is 7.09. The molecule has 1 atom stereocenters. The first-order valence-corrected chi connectivity index (χ1v) is 7.52. The van der Waals surface area contributed by atoms with Crippen molar-refractivity contribution in [1.29, 1.82) is 0 Å². The summed E-state index contributed by atoms with van der Waals surface area (Å²) in [6.45, 7) is 6.03. The molecule has 1 aliphatic heterocycles. The van der Waals surface area contributed by atoms with Crippen LogP contribution in [0.3, 0.4) is 0 Å². The number of likely N-dealkylation sites (tertiary alicyclic amines) is 1. The fraction of sp³-hybridized carbons (Fsp3) is 0.571. The van der Waals surface area contributed by atoms with Crippen LogP contribution in [0, 0.1) is 11.8 Å². The lowest BCUT2D eigenvalue weighted by molar-refractivity contribution is -0.129. The van der Waals surface area contributed by atoms with E-state index in [4.69, 9.17) is 0 Å². The van der Waals surface area contributed by atoms with Gasteiger partial charge in [0.1, 0.15) is 0 Å². The monoisotopic (exact) mass is 280 g/mol. The lowest BCUT2D eigenvalue weighted by Crippen LogP contribution is -2.33. The maximum Gasteiger partial charge on any atom is 0.225 e. The smallest absolute Gasteiger partial charge is 0.225 e. The quantitative estimate of drug-likeness (QED) is 0.895. The molecule has 0 spiro atoms. The average molecular weight is 280 g/mol. The predicted octanol–water partition coefficient (Wildman–Crippen LogP) is 1.87. The van der Waals surface area contributed by atoms with E-state index in [1.165, 1.54) is 0 Å². The number of rotatable bonds is 5. The van der Waals surface area contributed by atoms with E-state index in [1.54, 1.807) is 16.2 Å². The molecule has 1 saturated heterocycles. The van der Waals surface area contributed by atoms with Crippen LogP contribution in [0.4, 0.5) is 0 Å². The number of hydrogen-bond acceptors (Lipinski definition) is 3. The number of nitrogens with zero attached hydrogens (tertiary/aromatic N) is 1. The third kappa shape index (κ3) is 3.80. The summed E-state index contributed by atoms with van der Waals surface area (Å²) in [4.78, 5) is 26.8. The van der Waals surface area contributed by atoms with Gasteiger partial charge in [-0.3, -0.25) is 9.59 Å². The average Bonchev–Trinajstić information content (AvgIpc) is 2.96. The summed E-state index contributed by atoms with van der Waals surface area (Å²) in [6.07, 6.45) is 0.350. The van der Waals surface area contributed by atoms with Crippen molar-refractivity contribution in [1.82, 2.24) is 10.2 Å². The van der Waals surface area contributed by atoms with Crippen LogP contribution in [-0.4, -0.2) is 29.8 Å². The molecule has 0 bridgehead atoms. The molecule has 19 heavy (non-hydrogen) atoms. The maximum atomic E-state index is 12.0. The lowest BCUT2D eigenvalue weighted by Gasteiger charge is -2.18. The van der Waals surface area contributed by atoms with Crippen LogP contribution in [0.15, 0.2) is 17.5 Å². The van der Waals surface area contributed by atoms with Crippen LogP contribution in [0.5, 0.6) is 0 Å². The summed E-state index contributed by atoms with van der Waals surface area (Å²) in [5.74, 6) is 0.348. The Kier molecular flexibility index (Phi) is 4.58. The summed E-state index contributed by atoms with van der Waals surface area (Å²) < 4.78 is 0. The number of nitrogens with one attached hydrogen (secondary N) is 1. The second kappa shape index (κ2) is 6.19. The van der Waals surface area contributed by atoms with Crippen LogP contribution < -0.4 is 5.32 Å². The van der Waals surface area contributed by atoms with E-state index in [2.05, 4.69) is 19.2 Å². The SMILES string of the molecule is CC(C)CN1CC(C(=O)NCc2cccs2)CC1=O. The third-order valence-corrected chi connectivity index (χ3v) is 4.06. The Hall–Kier alpha value is -1.36. The Morgan fingerprint density at radius 1 is 1.58 bits per heavy atom. The zero-order chi connectivity index (χ0) is 13.8. The zero-order valence-electron chi connectivity index (χ0n) is 11.4. The molecule has 1 aromatic heterocycles. The molecule has 1 unspecified atom stereocenters. The van der Waals surface area contributed by atoms with Crippen LogP contribution in [0.25, 0.3) is 0 Å². The molecule has 104 valence electrons. The van der Waals surface area contributed by atoms with Gasteiger partial charge >= 0.3 is 0 Å². The van der Waals surface area contributed by atoms with Crippen molar-refractivity contribution in [2.45, 2.75) is 26.8 Å². The fourth-order valence-electron chi connectivity index (χ4n) is 2.30. The minimum Gasteiger partial charge on any atom is -0.351 e. The highest BCUT2D eigenvalue weighted by Crippen LogP contribution is 2.19. The van der Waals surface area contributed by atoms with Crippen molar-refractivity contribution in [2.75, 3.05) is 13.1 Å². The molecule has 4 nitrogen and oxygen atoms in total. The van der Waals surface area contributed by atoms with Gasteiger partial charge in [-0.05, 0) is 17.4 Å². The van der Waals surface area contributed by atoms with E-state index in [-0.39, 0.29) is 17.7 Å². The van der Waals surface area contributed by atoms with Crippen LogP contribution in [0.1, 0.15) is 25.1 Å². The first kappa shape index (κ1) is 14.1. The molecule has 2 heterocycles. The van der Waals surface area contributed by atoms with E-state index in [0.717, 1.165) is 11.4 Å². The van der Waals surface area contributed by atoms with Gasteiger partial charge in [0, 0.05) is 24.4 Å². The number of carbonyl (C=O) groups is 2. The minimum absolute atomic E-state index is 0.00648. The van der Waals surface area contributed by atoms with Crippen LogP contribution in [0.2, 0.25) is 0 Å². The molecule has 0 radical (unpaired) electrons. The molecular formula is C14H20N2O2S. The molecule has 1 aliphatic rings. The lowest BCUT2D eigenvalue weighted by atomic mass is 10.1. The Morgan fingerprint density at radius 2 is 2.37 bits per heavy atom. The van der Waals surface area contributed by atoms with Gasteiger partial charge in [0.25, 0.3) is 0 Å². The normalized spacial score (nSPS) is 19.2. The van der Waals surface area contributed by atoms with Crippen molar-refractivity contribution >= 4 is 23.2 Å². The second-order valence-electron chi connectivity index (χ2n) is 5.39. The first-order chi connectivity index (χ1) is 9.06. The van der Waals surface area contributed by atoms with E-state index >= 15 is 0 Å². The summed E-state index contributed by atoms with van der Waals surface area (Å²) >= 11 is 1.62. The van der Waals surface area contributed by atoms with Crippen molar-refractivity contribution in [3.8, 4) is 0 Å². The Labute approximate surface area is 117 Å². The summed E-state index contributed by atoms with van der Waals surface area (Å²) in [6, 6.07) is 3.96. The highest BCUT2D eigenvalue weighted by atomic mass is 32.1. The molecule has 1 fully saturated rings. The molecular weight excluding hydrogens is 260 g/mol. The van der Waals surface area contributed by atoms with E-state index in [0.29, 0.717) is 25.4 Å². The van der Waals surface area contributed by atoms with Crippen molar-refractivity contribution in [3.63, 3.8) is 0 Å². The largest absolute Gasteiger partial charge is 0.351 e. The van der Waals surface area contributed by atoms with Gasteiger partial charge in [-0.25, -0.2) is 0 Å². The molecule has 0 aromatic carbocycles. The zero-order valence-corrected chi connectivity index (χ0v) is 12.2. The molecule has 5 heteroatoms. The number of hydrogen-bond donors (Lipinski definition) is 1. The van der Waals surface area contributed by atoms with Crippen molar-refractivity contribution < 1.29 is 9.59 Å². The van der Waals surface area contributed by atoms with Gasteiger partial charge in [-0.1, -0.05) is 19.9 Å². The minimum atomic E-state index is -0.189. The van der Waals surface area contributed by atoms with Gasteiger partial charge in [0.05, 0.1) is 12.5 Å². The third-order valence-electron chi connectivity index (χ3n) is 3.19. The van der Waals surface area contributed by atoms with Gasteiger partial charge in [-0.2, -0.15) is 0 Å². The molecule has 2 amide bonds. The van der Waals surface area contributed by atoms with E-state index < -0.39 is 0 Å². The summed E-state index contributed by atoms with van der Waals surface area (Å²) in [7, 11) is 0. The first-order valence-electron chi connectivity index (χ1n) is 6.64. The fourth-order valence-corrected chi connectivity index (χ4v) is 2.94. The Bertz CT molecular complexity index is 442.